The molecule has 0 atom stereocenters. The Morgan fingerprint density at radius 2 is 2.29 bits per heavy atom. The van der Waals surface area contributed by atoms with E-state index < -0.39 is 0 Å². The lowest BCUT2D eigenvalue weighted by Gasteiger charge is -2.03. The first-order valence-corrected chi connectivity index (χ1v) is 6.28. The van der Waals surface area contributed by atoms with Crippen LogP contribution in [0, 0.1) is 0 Å². The number of imidazole rings is 1. The highest BCUT2D eigenvalue weighted by Gasteiger charge is 2.01. The van der Waals surface area contributed by atoms with Gasteiger partial charge in [-0.2, -0.15) is 0 Å². The lowest BCUT2D eigenvalue weighted by atomic mass is 10.3. The Labute approximate surface area is 107 Å². The van der Waals surface area contributed by atoms with Crippen LogP contribution in [0.2, 0.25) is 4.47 Å². The molecule has 0 aliphatic rings. The van der Waals surface area contributed by atoms with Crippen LogP contribution in [0.3, 0.4) is 0 Å². The van der Waals surface area contributed by atoms with Gasteiger partial charge in [0, 0.05) is 16.8 Å². The molecule has 0 bridgehead atoms. The molecule has 1 aromatic carbocycles. The first-order valence-electron chi connectivity index (χ1n) is 5.08. The van der Waals surface area contributed by atoms with Gasteiger partial charge >= 0.3 is 0 Å². The SMILES string of the molecule is Clc1ncc(CNc2ccc3nc[nH]c3c2)s1. The molecule has 4 nitrogen and oxygen atoms in total. The Morgan fingerprint density at radius 1 is 1.35 bits per heavy atom. The summed E-state index contributed by atoms with van der Waals surface area (Å²) in [4.78, 5) is 12.4. The molecule has 6 heteroatoms. The number of hydrogen-bond donors (Lipinski definition) is 2. The number of hydrogen-bond acceptors (Lipinski definition) is 4. The molecule has 2 heterocycles. The fourth-order valence-corrected chi connectivity index (χ4v) is 2.52. The molecule has 0 aliphatic carbocycles. The summed E-state index contributed by atoms with van der Waals surface area (Å²) in [6.07, 6.45) is 3.48. The van der Waals surface area contributed by atoms with E-state index in [1.54, 1.807) is 12.5 Å². The topological polar surface area (TPSA) is 53.6 Å². The minimum absolute atomic E-state index is 0.575. The van der Waals surface area contributed by atoms with E-state index in [-0.39, 0.29) is 0 Å². The zero-order chi connectivity index (χ0) is 11.7. The van der Waals surface area contributed by atoms with E-state index in [1.165, 1.54) is 11.3 Å². The Morgan fingerprint density at radius 3 is 3.12 bits per heavy atom. The standard InChI is InChI=1S/C11H9ClN4S/c12-11-14-5-8(17-11)4-13-7-1-2-9-10(3-7)16-6-15-9/h1-3,5-6,13H,4H2,(H,15,16). The van der Waals surface area contributed by atoms with Gasteiger partial charge in [0.1, 0.15) is 0 Å². The zero-order valence-electron chi connectivity index (χ0n) is 8.77. The summed E-state index contributed by atoms with van der Waals surface area (Å²) in [6.45, 7) is 0.726. The summed E-state index contributed by atoms with van der Waals surface area (Å²) in [5, 5.41) is 3.32. The molecule has 0 fully saturated rings. The molecule has 2 N–H and O–H groups in total. The number of anilines is 1. The van der Waals surface area contributed by atoms with Crippen LogP contribution in [-0.4, -0.2) is 15.0 Å². The summed E-state index contributed by atoms with van der Waals surface area (Å²) in [5.41, 5.74) is 3.04. The molecule has 0 unspecified atom stereocenters. The Bertz CT molecular complexity index is 646. The van der Waals surface area contributed by atoms with Crippen LogP contribution >= 0.6 is 22.9 Å². The van der Waals surface area contributed by atoms with Gasteiger partial charge in [0.2, 0.25) is 0 Å². The summed E-state index contributed by atoms with van der Waals surface area (Å²) >= 11 is 7.26. The smallest absolute Gasteiger partial charge is 0.183 e. The molecule has 2 aromatic heterocycles. The largest absolute Gasteiger partial charge is 0.380 e. The molecule has 0 spiro atoms. The predicted octanol–water partition coefficient (Wildman–Crippen LogP) is 3.28. The third kappa shape index (κ3) is 2.25. The van der Waals surface area contributed by atoms with Gasteiger partial charge in [-0.25, -0.2) is 9.97 Å². The second kappa shape index (κ2) is 4.35. The lowest BCUT2D eigenvalue weighted by Crippen LogP contribution is -1.96. The first kappa shape index (κ1) is 10.6. The highest BCUT2D eigenvalue weighted by molar-refractivity contribution is 7.15. The number of rotatable bonds is 3. The van der Waals surface area contributed by atoms with Gasteiger partial charge in [-0.15, -0.1) is 11.3 Å². The summed E-state index contributed by atoms with van der Waals surface area (Å²) in [7, 11) is 0. The van der Waals surface area contributed by atoms with E-state index in [0.29, 0.717) is 4.47 Å². The van der Waals surface area contributed by atoms with Crippen molar-refractivity contribution in [1.82, 2.24) is 15.0 Å². The van der Waals surface area contributed by atoms with Crippen LogP contribution < -0.4 is 5.32 Å². The zero-order valence-corrected chi connectivity index (χ0v) is 10.3. The van der Waals surface area contributed by atoms with Crippen molar-refractivity contribution < 1.29 is 0 Å². The summed E-state index contributed by atoms with van der Waals surface area (Å²) in [5.74, 6) is 0. The number of nitrogens with one attached hydrogen (secondary N) is 2. The van der Waals surface area contributed by atoms with Crippen LogP contribution in [0.1, 0.15) is 4.88 Å². The van der Waals surface area contributed by atoms with Gasteiger partial charge in [-0.1, -0.05) is 11.6 Å². The molecule has 0 saturated heterocycles. The molecule has 0 aliphatic heterocycles. The van der Waals surface area contributed by atoms with Crippen molar-refractivity contribution in [3.8, 4) is 0 Å². The first-order chi connectivity index (χ1) is 8.31. The summed E-state index contributed by atoms with van der Waals surface area (Å²) < 4.78 is 0.575. The number of H-pyrrole nitrogens is 1. The van der Waals surface area contributed by atoms with Gasteiger partial charge in [0.15, 0.2) is 4.47 Å². The van der Waals surface area contributed by atoms with Crippen LogP contribution in [0.25, 0.3) is 11.0 Å². The van der Waals surface area contributed by atoms with Crippen molar-refractivity contribution >= 4 is 39.7 Å². The number of thiazole rings is 1. The molecule has 17 heavy (non-hydrogen) atoms. The monoisotopic (exact) mass is 264 g/mol. The van der Waals surface area contributed by atoms with Crippen molar-refractivity contribution in [1.29, 1.82) is 0 Å². The highest BCUT2D eigenvalue weighted by atomic mass is 35.5. The lowest BCUT2D eigenvalue weighted by molar-refractivity contribution is 1.18. The fraction of sp³-hybridized carbons (Fsp3) is 0.0909. The van der Waals surface area contributed by atoms with Gasteiger partial charge in [0.25, 0.3) is 0 Å². The number of halogens is 1. The van der Waals surface area contributed by atoms with E-state index in [9.17, 15) is 0 Å². The minimum atomic E-state index is 0.575. The van der Waals surface area contributed by atoms with Crippen LogP contribution in [-0.2, 0) is 6.54 Å². The van der Waals surface area contributed by atoms with Crippen molar-refractivity contribution in [3.05, 3.63) is 40.1 Å². The van der Waals surface area contributed by atoms with Crippen molar-refractivity contribution in [2.75, 3.05) is 5.32 Å². The Kier molecular flexibility index (Phi) is 2.70. The van der Waals surface area contributed by atoms with Gasteiger partial charge in [-0.05, 0) is 18.2 Å². The average molecular weight is 265 g/mol. The molecule has 0 radical (unpaired) electrons. The third-order valence-corrected chi connectivity index (χ3v) is 3.53. The number of aromatic nitrogens is 3. The van der Waals surface area contributed by atoms with Gasteiger partial charge < -0.3 is 10.3 Å². The molecule has 86 valence electrons. The van der Waals surface area contributed by atoms with E-state index in [1.807, 2.05) is 18.2 Å². The molecule has 0 saturated carbocycles. The maximum absolute atomic E-state index is 5.77. The number of benzene rings is 1. The van der Waals surface area contributed by atoms with Gasteiger partial charge in [-0.3, -0.25) is 0 Å². The van der Waals surface area contributed by atoms with Crippen LogP contribution in [0.15, 0.2) is 30.7 Å². The van der Waals surface area contributed by atoms with Gasteiger partial charge in [0.05, 0.1) is 23.9 Å². The number of aromatic amines is 1. The molecule has 0 amide bonds. The van der Waals surface area contributed by atoms with Crippen LogP contribution in [0.4, 0.5) is 5.69 Å². The predicted molar refractivity (Wildman–Crippen MR) is 70.5 cm³/mol. The molecular formula is C11H9ClN4S. The van der Waals surface area contributed by atoms with Crippen molar-refractivity contribution in [2.24, 2.45) is 0 Å². The third-order valence-electron chi connectivity index (χ3n) is 2.41. The molecule has 3 aromatic rings. The maximum atomic E-state index is 5.77. The highest BCUT2D eigenvalue weighted by Crippen LogP contribution is 2.20. The van der Waals surface area contributed by atoms with E-state index >= 15 is 0 Å². The van der Waals surface area contributed by atoms with E-state index in [0.717, 1.165) is 28.1 Å². The Hall–Kier alpha value is -1.59. The maximum Gasteiger partial charge on any atom is 0.183 e. The quantitative estimate of drug-likeness (QED) is 0.763. The second-order valence-corrected chi connectivity index (χ2v) is 5.26. The fourth-order valence-electron chi connectivity index (χ4n) is 1.60. The normalized spacial score (nSPS) is 10.9. The second-order valence-electron chi connectivity index (χ2n) is 3.57. The van der Waals surface area contributed by atoms with E-state index in [2.05, 4.69) is 20.3 Å². The van der Waals surface area contributed by atoms with Crippen LogP contribution in [0.5, 0.6) is 0 Å². The van der Waals surface area contributed by atoms with E-state index in [4.69, 9.17) is 11.6 Å². The molecule has 3 rings (SSSR count). The average Bonchev–Trinajstić information content (AvgIpc) is 2.94. The number of fused-ring (bicyclic) bond motifs is 1. The minimum Gasteiger partial charge on any atom is -0.380 e. The Balaban J connectivity index is 1.76. The van der Waals surface area contributed by atoms with Crippen molar-refractivity contribution in [2.45, 2.75) is 6.54 Å². The summed E-state index contributed by atoms with van der Waals surface area (Å²) in [6, 6.07) is 6.02. The molecular weight excluding hydrogens is 256 g/mol. The van der Waals surface area contributed by atoms with Crippen molar-refractivity contribution in [3.63, 3.8) is 0 Å². The number of nitrogens with zero attached hydrogens (tertiary/aromatic N) is 2.